The molecule has 0 unspecified atom stereocenters. The molecule has 1 saturated carbocycles. The first-order chi connectivity index (χ1) is 11.1. The summed E-state index contributed by atoms with van der Waals surface area (Å²) < 4.78 is 13.3. The lowest BCUT2D eigenvalue weighted by Gasteiger charge is -2.20. The van der Waals surface area contributed by atoms with Crippen LogP contribution in [0.3, 0.4) is 0 Å². The fraction of sp³-hybridized carbons (Fsp3) is 0.611. The number of rotatable bonds is 8. The van der Waals surface area contributed by atoms with Crippen LogP contribution in [0.2, 0.25) is 0 Å². The van der Waals surface area contributed by atoms with E-state index >= 15 is 0 Å². The molecule has 0 bridgehead atoms. The summed E-state index contributed by atoms with van der Waals surface area (Å²) in [7, 11) is 0. The van der Waals surface area contributed by atoms with E-state index in [9.17, 15) is 4.39 Å². The van der Waals surface area contributed by atoms with Gasteiger partial charge in [0.25, 0.3) is 0 Å². The number of hydrogen-bond donors (Lipinski definition) is 2. The van der Waals surface area contributed by atoms with Crippen molar-refractivity contribution in [3.8, 4) is 0 Å². The van der Waals surface area contributed by atoms with Crippen LogP contribution in [-0.4, -0.2) is 43.1 Å². The van der Waals surface area contributed by atoms with Gasteiger partial charge in [-0.1, -0.05) is 19.1 Å². The number of likely N-dealkylation sites (N-methyl/N-ethyl adjacent to an activating group) is 1. The minimum atomic E-state index is -0.164. The Morgan fingerprint density at radius 1 is 1.29 bits per heavy atom. The van der Waals surface area contributed by atoms with Crippen molar-refractivity contribution in [1.29, 1.82) is 0 Å². The van der Waals surface area contributed by atoms with E-state index in [1.165, 1.54) is 18.9 Å². The van der Waals surface area contributed by atoms with Crippen LogP contribution in [0.25, 0.3) is 0 Å². The smallest absolute Gasteiger partial charge is 0.191 e. The van der Waals surface area contributed by atoms with Crippen molar-refractivity contribution in [3.05, 3.63) is 35.1 Å². The maximum atomic E-state index is 13.3. The Kier molecular flexibility index (Phi) is 9.58. The Bertz CT molecular complexity index is 532. The molecule has 1 aromatic rings. The van der Waals surface area contributed by atoms with Crippen molar-refractivity contribution in [2.45, 2.75) is 46.2 Å². The number of nitrogens with zero attached hydrogens (tertiary/aromatic N) is 2. The first-order valence-electron chi connectivity index (χ1n) is 8.65. The maximum absolute atomic E-state index is 13.3. The van der Waals surface area contributed by atoms with Gasteiger partial charge in [0.05, 0.1) is 6.54 Å². The molecule has 0 amide bonds. The van der Waals surface area contributed by atoms with Crippen LogP contribution < -0.4 is 10.6 Å². The quantitative estimate of drug-likeness (QED) is 0.364. The van der Waals surface area contributed by atoms with Gasteiger partial charge in [-0.05, 0) is 50.4 Å². The lowest BCUT2D eigenvalue weighted by Crippen LogP contribution is -2.42. The molecule has 0 radical (unpaired) electrons. The fourth-order valence-corrected chi connectivity index (χ4v) is 2.67. The van der Waals surface area contributed by atoms with Crippen LogP contribution in [0.4, 0.5) is 4.39 Å². The molecular formula is C18H30FIN4. The number of aliphatic imine (C=N–C) groups is 1. The van der Waals surface area contributed by atoms with Crippen molar-refractivity contribution in [2.75, 3.05) is 26.2 Å². The normalized spacial score (nSPS) is 14.5. The van der Waals surface area contributed by atoms with Crippen molar-refractivity contribution < 1.29 is 4.39 Å². The van der Waals surface area contributed by atoms with Crippen LogP contribution in [0.15, 0.2) is 23.2 Å². The zero-order valence-corrected chi connectivity index (χ0v) is 17.3. The second-order valence-electron chi connectivity index (χ2n) is 6.07. The van der Waals surface area contributed by atoms with Gasteiger partial charge in [0, 0.05) is 25.7 Å². The zero-order chi connectivity index (χ0) is 16.7. The van der Waals surface area contributed by atoms with E-state index in [1.54, 1.807) is 13.0 Å². The minimum Gasteiger partial charge on any atom is -0.357 e. The summed E-state index contributed by atoms with van der Waals surface area (Å²) in [6, 6.07) is 5.95. The number of hydrogen-bond acceptors (Lipinski definition) is 2. The molecule has 2 N–H and O–H groups in total. The molecule has 1 aliphatic rings. The number of guanidine groups is 1. The van der Waals surface area contributed by atoms with Crippen LogP contribution in [0.5, 0.6) is 0 Å². The average Bonchev–Trinajstić information content (AvgIpc) is 3.37. The molecule has 0 atom stereocenters. The summed E-state index contributed by atoms with van der Waals surface area (Å²) in [6.07, 6.45) is 2.68. The van der Waals surface area contributed by atoms with Crippen molar-refractivity contribution in [1.82, 2.24) is 15.5 Å². The topological polar surface area (TPSA) is 39.7 Å². The van der Waals surface area contributed by atoms with Crippen LogP contribution in [0, 0.1) is 12.7 Å². The lowest BCUT2D eigenvalue weighted by atomic mass is 10.1. The predicted octanol–water partition coefficient (Wildman–Crippen LogP) is 3.29. The molecule has 2 rings (SSSR count). The second kappa shape index (κ2) is 10.9. The number of halogens is 2. The Labute approximate surface area is 162 Å². The van der Waals surface area contributed by atoms with Gasteiger partial charge < -0.3 is 10.6 Å². The van der Waals surface area contributed by atoms with E-state index in [2.05, 4.69) is 34.4 Å². The highest BCUT2D eigenvalue weighted by Gasteiger charge is 2.27. The van der Waals surface area contributed by atoms with E-state index in [-0.39, 0.29) is 29.8 Å². The first kappa shape index (κ1) is 21.2. The van der Waals surface area contributed by atoms with Gasteiger partial charge in [0.15, 0.2) is 5.96 Å². The van der Waals surface area contributed by atoms with E-state index in [0.29, 0.717) is 12.1 Å². The van der Waals surface area contributed by atoms with Gasteiger partial charge in [-0.15, -0.1) is 24.0 Å². The summed E-state index contributed by atoms with van der Waals surface area (Å²) in [5.74, 6) is 0.656. The summed E-state index contributed by atoms with van der Waals surface area (Å²) in [6.45, 7) is 10.5. The van der Waals surface area contributed by atoms with Crippen molar-refractivity contribution >= 4 is 29.9 Å². The van der Waals surface area contributed by atoms with Crippen LogP contribution >= 0.6 is 24.0 Å². The number of nitrogens with one attached hydrogen (secondary N) is 2. The molecule has 0 spiro atoms. The van der Waals surface area contributed by atoms with Gasteiger partial charge in [0.2, 0.25) is 0 Å². The molecule has 6 heteroatoms. The summed E-state index contributed by atoms with van der Waals surface area (Å²) in [4.78, 5) is 7.10. The Morgan fingerprint density at radius 2 is 2.04 bits per heavy atom. The van der Waals surface area contributed by atoms with E-state index < -0.39 is 0 Å². The molecule has 0 saturated heterocycles. The molecule has 1 aliphatic carbocycles. The van der Waals surface area contributed by atoms with Gasteiger partial charge in [-0.2, -0.15) is 0 Å². The first-order valence-corrected chi connectivity index (χ1v) is 8.65. The summed E-state index contributed by atoms with van der Waals surface area (Å²) in [5.41, 5.74) is 1.69. The third-order valence-corrected chi connectivity index (χ3v) is 4.15. The maximum Gasteiger partial charge on any atom is 0.191 e. The van der Waals surface area contributed by atoms with Crippen LogP contribution in [-0.2, 0) is 6.54 Å². The van der Waals surface area contributed by atoms with Crippen molar-refractivity contribution in [3.63, 3.8) is 0 Å². The van der Waals surface area contributed by atoms with E-state index in [0.717, 1.165) is 43.7 Å². The number of aryl methyl sites for hydroxylation is 1. The molecule has 24 heavy (non-hydrogen) atoms. The molecule has 0 aromatic heterocycles. The van der Waals surface area contributed by atoms with Gasteiger partial charge in [-0.25, -0.2) is 9.38 Å². The van der Waals surface area contributed by atoms with E-state index in [1.807, 2.05) is 6.07 Å². The lowest BCUT2D eigenvalue weighted by molar-refractivity contribution is 0.282. The molecule has 1 fully saturated rings. The second-order valence-corrected chi connectivity index (χ2v) is 6.07. The van der Waals surface area contributed by atoms with Gasteiger partial charge >= 0.3 is 0 Å². The Hall–Kier alpha value is -0.890. The molecule has 0 aliphatic heterocycles. The third kappa shape index (κ3) is 6.93. The summed E-state index contributed by atoms with van der Waals surface area (Å²) >= 11 is 0. The molecule has 136 valence electrons. The standard InChI is InChI=1S/C18H29FN4.HI/c1-4-20-18(21-10-11-23(5-2)16-7-8-16)22-13-15-6-9-17(19)14(3)12-15;/h6,9,12,16H,4-5,7-8,10-11,13H2,1-3H3,(H2,20,21,22);1H. The molecule has 0 heterocycles. The largest absolute Gasteiger partial charge is 0.357 e. The van der Waals surface area contributed by atoms with Gasteiger partial charge in [-0.3, -0.25) is 4.90 Å². The predicted molar refractivity (Wildman–Crippen MR) is 110 cm³/mol. The molecular weight excluding hydrogens is 418 g/mol. The molecule has 1 aromatic carbocycles. The third-order valence-electron chi connectivity index (χ3n) is 4.15. The highest BCUT2D eigenvalue weighted by Crippen LogP contribution is 2.25. The highest BCUT2D eigenvalue weighted by atomic mass is 127. The highest BCUT2D eigenvalue weighted by molar-refractivity contribution is 14.0. The zero-order valence-electron chi connectivity index (χ0n) is 14.9. The fourth-order valence-electron chi connectivity index (χ4n) is 2.67. The SMILES string of the molecule is CCNC(=NCc1ccc(F)c(C)c1)NCCN(CC)C1CC1.I. The Morgan fingerprint density at radius 3 is 2.62 bits per heavy atom. The number of benzene rings is 1. The van der Waals surface area contributed by atoms with E-state index in [4.69, 9.17) is 0 Å². The van der Waals surface area contributed by atoms with Crippen molar-refractivity contribution in [2.24, 2.45) is 4.99 Å². The van der Waals surface area contributed by atoms with Crippen LogP contribution in [0.1, 0.15) is 37.8 Å². The minimum absolute atomic E-state index is 0. The average molecular weight is 448 g/mol. The van der Waals surface area contributed by atoms with Gasteiger partial charge in [0.1, 0.15) is 5.82 Å². The monoisotopic (exact) mass is 448 g/mol. The summed E-state index contributed by atoms with van der Waals surface area (Å²) in [5, 5.41) is 6.65. The Balaban J connectivity index is 0.00000288. The molecule has 4 nitrogen and oxygen atoms in total.